The highest BCUT2D eigenvalue weighted by Gasteiger charge is 2.35. The van der Waals surface area contributed by atoms with Crippen LogP contribution in [-0.2, 0) is 16.0 Å². The maximum atomic E-state index is 12.2. The highest BCUT2D eigenvalue weighted by Crippen LogP contribution is 2.19. The molecule has 3 heterocycles. The van der Waals surface area contributed by atoms with Gasteiger partial charge < -0.3 is 15.2 Å². The second-order valence-corrected chi connectivity index (χ2v) is 5.88. The predicted molar refractivity (Wildman–Crippen MR) is 77.2 cm³/mol. The Balaban J connectivity index is 1.60. The second kappa shape index (κ2) is 6.03. The normalized spacial score (nSPS) is 26.3. The average molecular weight is 294 g/mol. The first-order valence-corrected chi connectivity index (χ1v) is 7.52. The van der Waals surface area contributed by atoms with E-state index >= 15 is 0 Å². The molecule has 7 nitrogen and oxygen atoms in total. The zero-order valence-corrected chi connectivity index (χ0v) is 12.3. The summed E-state index contributed by atoms with van der Waals surface area (Å²) in [5.74, 6) is -0.122. The first kappa shape index (κ1) is 14.3. The number of carbonyl (C=O) groups is 1. The van der Waals surface area contributed by atoms with E-state index < -0.39 is 0 Å². The topological polar surface area (TPSA) is 90.2 Å². The molecule has 3 rings (SSSR count). The third-order valence-electron chi connectivity index (χ3n) is 4.43. The van der Waals surface area contributed by atoms with E-state index in [2.05, 4.69) is 20.4 Å². The summed E-state index contributed by atoms with van der Waals surface area (Å²) in [5.41, 5.74) is 1.000. The van der Waals surface area contributed by atoms with Crippen molar-refractivity contribution in [2.45, 2.75) is 38.3 Å². The molecule has 1 aromatic heterocycles. The Morgan fingerprint density at radius 2 is 2.10 bits per heavy atom. The van der Waals surface area contributed by atoms with Gasteiger partial charge in [0.25, 0.3) is 5.56 Å². The first-order chi connectivity index (χ1) is 10.1. The van der Waals surface area contributed by atoms with E-state index in [-0.39, 0.29) is 30.0 Å². The van der Waals surface area contributed by atoms with Crippen LogP contribution in [0, 0.1) is 6.92 Å². The monoisotopic (exact) mass is 294 g/mol. The van der Waals surface area contributed by atoms with Gasteiger partial charge in [0, 0.05) is 11.3 Å². The van der Waals surface area contributed by atoms with Crippen LogP contribution in [0.2, 0.25) is 0 Å². The van der Waals surface area contributed by atoms with E-state index in [9.17, 15) is 9.59 Å². The molecule has 0 bridgehead atoms. The van der Waals surface area contributed by atoms with Crippen LogP contribution in [-0.4, -0.2) is 59.4 Å². The zero-order chi connectivity index (χ0) is 14.8. The van der Waals surface area contributed by atoms with Crippen LogP contribution in [0.4, 0.5) is 0 Å². The summed E-state index contributed by atoms with van der Waals surface area (Å²) < 4.78 is 5.54. The van der Waals surface area contributed by atoms with Crippen molar-refractivity contribution < 1.29 is 9.53 Å². The molecule has 0 saturated carbocycles. The van der Waals surface area contributed by atoms with Crippen molar-refractivity contribution >= 4 is 5.91 Å². The number of ether oxygens (including phenoxy) is 1. The number of aryl methyl sites for hydroxylation is 1. The molecule has 21 heavy (non-hydrogen) atoms. The quantitative estimate of drug-likeness (QED) is 0.700. The minimum atomic E-state index is -0.221. The molecule has 0 unspecified atom stereocenters. The van der Waals surface area contributed by atoms with Crippen LogP contribution in [0.25, 0.3) is 0 Å². The summed E-state index contributed by atoms with van der Waals surface area (Å²) in [6.07, 6.45) is 2.54. The number of likely N-dealkylation sites (tertiary alicyclic amines) is 1. The van der Waals surface area contributed by atoms with Crippen LogP contribution >= 0.6 is 0 Å². The van der Waals surface area contributed by atoms with Crippen LogP contribution in [0.15, 0.2) is 4.79 Å². The van der Waals surface area contributed by atoms with Crippen LogP contribution in [0.5, 0.6) is 0 Å². The van der Waals surface area contributed by atoms with E-state index in [1.807, 2.05) is 0 Å². The molecule has 3 N–H and O–H groups in total. The Morgan fingerprint density at radius 3 is 2.76 bits per heavy atom. The van der Waals surface area contributed by atoms with Crippen molar-refractivity contribution in [2.75, 3.05) is 26.3 Å². The maximum absolute atomic E-state index is 12.2. The summed E-state index contributed by atoms with van der Waals surface area (Å²) in [5, 5.41) is 8.26. The van der Waals surface area contributed by atoms with Crippen molar-refractivity contribution in [2.24, 2.45) is 0 Å². The fourth-order valence-electron chi connectivity index (χ4n) is 3.22. The zero-order valence-electron chi connectivity index (χ0n) is 12.3. The number of nitrogens with zero attached hydrogens (tertiary/aromatic N) is 1. The molecule has 7 heteroatoms. The van der Waals surface area contributed by atoms with Gasteiger partial charge in [-0.05, 0) is 32.9 Å². The van der Waals surface area contributed by atoms with Crippen molar-refractivity contribution in [1.29, 1.82) is 0 Å². The van der Waals surface area contributed by atoms with Gasteiger partial charge in [0.2, 0.25) is 5.91 Å². The lowest BCUT2D eigenvalue weighted by molar-refractivity contribution is -0.121. The summed E-state index contributed by atoms with van der Waals surface area (Å²) in [7, 11) is 0. The fraction of sp³-hybridized carbons (Fsp3) is 0.714. The number of aromatic amines is 2. The van der Waals surface area contributed by atoms with Gasteiger partial charge in [-0.15, -0.1) is 0 Å². The van der Waals surface area contributed by atoms with Gasteiger partial charge in [-0.3, -0.25) is 19.6 Å². The molecular weight excluding hydrogens is 272 g/mol. The molecule has 116 valence electrons. The number of nitrogens with one attached hydrogen (secondary N) is 3. The number of hydrogen-bond donors (Lipinski definition) is 3. The third kappa shape index (κ3) is 3.03. The number of rotatable bonds is 4. The molecule has 0 aliphatic carbocycles. The van der Waals surface area contributed by atoms with Crippen LogP contribution in [0.1, 0.15) is 24.1 Å². The lowest BCUT2D eigenvalue weighted by atomic mass is 10.1. The fourth-order valence-corrected chi connectivity index (χ4v) is 3.22. The largest absolute Gasteiger partial charge is 0.378 e. The minimum absolute atomic E-state index is 0.0222. The summed E-state index contributed by atoms with van der Waals surface area (Å²) in [4.78, 5) is 26.2. The van der Waals surface area contributed by atoms with Crippen molar-refractivity contribution in [3.8, 4) is 0 Å². The SMILES string of the molecule is Cc1[nH][nH]c(=O)c1CC(=O)N[C@H]1COC[C@@H]1N1CCCC1. The van der Waals surface area contributed by atoms with E-state index in [4.69, 9.17) is 4.74 Å². The van der Waals surface area contributed by atoms with Gasteiger partial charge >= 0.3 is 0 Å². The smallest absolute Gasteiger partial charge is 0.267 e. The number of carbonyl (C=O) groups excluding carboxylic acids is 1. The third-order valence-corrected chi connectivity index (χ3v) is 4.43. The van der Waals surface area contributed by atoms with Gasteiger partial charge in [0.05, 0.1) is 31.7 Å². The molecule has 1 amide bonds. The van der Waals surface area contributed by atoms with Crippen LogP contribution < -0.4 is 10.9 Å². The highest BCUT2D eigenvalue weighted by atomic mass is 16.5. The first-order valence-electron chi connectivity index (χ1n) is 7.52. The van der Waals surface area contributed by atoms with Crippen molar-refractivity contribution in [1.82, 2.24) is 20.4 Å². The summed E-state index contributed by atoms with van der Waals surface area (Å²) in [6.45, 7) is 5.17. The molecule has 2 aliphatic heterocycles. The molecule has 1 aromatic rings. The minimum Gasteiger partial charge on any atom is -0.378 e. The Kier molecular flexibility index (Phi) is 4.12. The molecule has 2 atom stereocenters. The van der Waals surface area contributed by atoms with Gasteiger partial charge in [0.15, 0.2) is 0 Å². The molecule has 0 spiro atoms. The van der Waals surface area contributed by atoms with E-state index in [1.165, 1.54) is 12.8 Å². The van der Waals surface area contributed by atoms with E-state index in [1.54, 1.807) is 6.92 Å². The Hall–Kier alpha value is -1.60. The standard InChI is InChI=1S/C14H22N4O3/c1-9-10(14(20)17-16-9)6-13(19)15-11-7-21-8-12(11)18-4-2-3-5-18/h11-12H,2-8H2,1H3,(H,15,19)(H2,16,17,20)/t11-,12-/m0/s1. The molecule has 2 aliphatic rings. The van der Waals surface area contributed by atoms with Crippen LogP contribution in [0.3, 0.4) is 0 Å². The van der Waals surface area contributed by atoms with Crippen molar-refractivity contribution in [3.63, 3.8) is 0 Å². The second-order valence-electron chi connectivity index (χ2n) is 5.88. The Morgan fingerprint density at radius 1 is 1.33 bits per heavy atom. The number of H-pyrrole nitrogens is 2. The lowest BCUT2D eigenvalue weighted by Gasteiger charge is -2.27. The number of amides is 1. The molecule has 0 aromatic carbocycles. The Labute approximate surface area is 123 Å². The van der Waals surface area contributed by atoms with Crippen molar-refractivity contribution in [3.05, 3.63) is 21.6 Å². The molecular formula is C14H22N4O3. The number of aromatic nitrogens is 2. The highest BCUT2D eigenvalue weighted by molar-refractivity contribution is 5.79. The molecule has 2 saturated heterocycles. The van der Waals surface area contributed by atoms with E-state index in [0.717, 1.165) is 13.1 Å². The predicted octanol–water partition coefficient (Wildman–Crippen LogP) is -0.467. The maximum Gasteiger partial charge on any atom is 0.267 e. The summed E-state index contributed by atoms with van der Waals surface area (Å²) >= 11 is 0. The summed E-state index contributed by atoms with van der Waals surface area (Å²) in [6, 6.07) is 0.288. The molecule has 0 radical (unpaired) electrons. The molecule has 2 fully saturated rings. The van der Waals surface area contributed by atoms with Gasteiger partial charge in [-0.2, -0.15) is 0 Å². The average Bonchev–Trinajstić information content (AvgIpc) is 3.16. The number of hydrogen-bond acceptors (Lipinski definition) is 4. The van der Waals surface area contributed by atoms with E-state index in [0.29, 0.717) is 24.5 Å². The Bertz CT molecular complexity index is 559. The van der Waals surface area contributed by atoms with Gasteiger partial charge in [0.1, 0.15) is 0 Å². The lowest BCUT2D eigenvalue weighted by Crippen LogP contribution is -2.50. The van der Waals surface area contributed by atoms with Gasteiger partial charge in [-0.1, -0.05) is 0 Å². The van der Waals surface area contributed by atoms with Gasteiger partial charge in [-0.25, -0.2) is 0 Å².